The van der Waals surface area contributed by atoms with Crippen LogP contribution in [0.3, 0.4) is 0 Å². The molecular weight excluding hydrogens is 246 g/mol. The molecule has 0 bridgehead atoms. The molecule has 1 aromatic carbocycles. The lowest BCUT2D eigenvalue weighted by atomic mass is 10.1. The zero-order chi connectivity index (χ0) is 11.5. The van der Waals surface area contributed by atoms with E-state index in [4.69, 9.17) is 0 Å². The molecule has 1 saturated heterocycles. The molecule has 1 N–H and O–H groups in total. The molecule has 0 saturated carbocycles. The van der Waals surface area contributed by atoms with Gasteiger partial charge < -0.3 is 5.32 Å². The van der Waals surface area contributed by atoms with E-state index >= 15 is 0 Å². The van der Waals surface area contributed by atoms with Gasteiger partial charge >= 0.3 is 0 Å². The maximum absolute atomic E-state index is 12.5. The third-order valence-electron chi connectivity index (χ3n) is 3.02. The Morgan fingerprint density at radius 2 is 2.12 bits per heavy atom. The molecule has 96 valence electrons. The van der Waals surface area contributed by atoms with Crippen LogP contribution in [0.1, 0.15) is 17.6 Å². The zero-order valence-electron chi connectivity index (χ0n) is 9.70. The zero-order valence-corrected chi connectivity index (χ0v) is 10.5. The molecule has 17 heavy (non-hydrogen) atoms. The third kappa shape index (κ3) is 3.63. The SMILES string of the molecule is CN(Cc1cccc(C(F)F)c1)C1CNC1.Cl. The molecule has 1 fully saturated rings. The summed E-state index contributed by atoms with van der Waals surface area (Å²) in [6, 6.07) is 7.19. The quantitative estimate of drug-likeness (QED) is 0.897. The first-order valence-corrected chi connectivity index (χ1v) is 5.45. The van der Waals surface area contributed by atoms with E-state index in [0.29, 0.717) is 6.04 Å². The van der Waals surface area contributed by atoms with E-state index in [-0.39, 0.29) is 18.0 Å². The van der Waals surface area contributed by atoms with Crippen LogP contribution in [0.25, 0.3) is 0 Å². The van der Waals surface area contributed by atoms with Gasteiger partial charge in [0.05, 0.1) is 0 Å². The number of rotatable bonds is 4. The van der Waals surface area contributed by atoms with Crippen molar-refractivity contribution in [1.82, 2.24) is 10.2 Å². The maximum Gasteiger partial charge on any atom is 0.263 e. The van der Waals surface area contributed by atoms with E-state index in [0.717, 1.165) is 25.2 Å². The Hall–Kier alpha value is -0.710. The van der Waals surface area contributed by atoms with Crippen LogP contribution in [-0.2, 0) is 6.54 Å². The fraction of sp³-hybridized carbons (Fsp3) is 0.500. The normalized spacial score (nSPS) is 15.8. The minimum absolute atomic E-state index is 0. The lowest BCUT2D eigenvalue weighted by molar-refractivity contribution is 0.150. The molecular formula is C12H17ClF2N2. The fourth-order valence-corrected chi connectivity index (χ4v) is 1.83. The Labute approximate surface area is 106 Å². The van der Waals surface area contributed by atoms with Gasteiger partial charge in [0, 0.05) is 31.2 Å². The van der Waals surface area contributed by atoms with Crippen molar-refractivity contribution >= 4 is 12.4 Å². The van der Waals surface area contributed by atoms with Gasteiger partial charge in [0.15, 0.2) is 0 Å². The lowest BCUT2D eigenvalue weighted by Crippen LogP contribution is -2.55. The second kappa shape index (κ2) is 6.28. The number of likely N-dealkylation sites (N-methyl/N-ethyl adjacent to an activating group) is 1. The van der Waals surface area contributed by atoms with E-state index in [2.05, 4.69) is 10.2 Å². The smallest absolute Gasteiger partial charge is 0.263 e. The van der Waals surface area contributed by atoms with Crippen molar-refractivity contribution in [2.24, 2.45) is 0 Å². The number of halogens is 3. The predicted octanol–water partition coefficient (Wildman–Crippen LogP) is 2.45. The molecule has 0 aliphatic carbocycles. The standard InChI is InChI=1S/C12H16F2N2.ClH/c1-16(11-6-15-7-11)8-9-3-2-4-10(5-9)12(13)14;/h2-5,11-12,15H,6-8H2,1H3;1H. The minimum Gasteiger partial charge on any atom is -0.314 e. The van der Waals surface area contributed by atoms with Crippen LogP contribution in [0.2, 0.25) is 0 Å². The molecule has 1 aliphatic heterocycles. The summed E-state index contributed by atoms with van der Waals surface area (Å²) in [7, 11) is 2.03. The van der Waals surface area contributed by atoms with Gasteiger partial charge in [-0.1, -0.05) is 18.2 Å². The Bertz CT molecular complexity index is 356. The van der Waals surface area contributed by atoms with Gasteiger partial charge in [-0.05, 0) is 18.7 Å². The van der Waals surface area contributed by atoms with E-state index in [1.165, 1.54) is 6.07 Å². The first-order chi connectivity index (χ1) is 7.66. The molecule has 1 aromatic rings. The second-order valence-electron chi connectivity index (χ2n) is 4.27. The van der Waals surface area contributed by atoms with Crippen LogP contribution in [-0.4, -0.2) is 31.1 Å². The molecule has 2 nitrogen and oxygen atoms in total. The highest BCUT2D eigenvalue weighted by atomic mass is 35.5. The van der Waals surface area contributed by atoms with Crippen LogP contribution in [0, 0.1) is 0 Å². The number of benzene rings is 1. The summed E-state index contributed by atoms with van der Waals surface area (Å²) in [5.74, 6) is 0. The van der Waals surface area contributed by atoms with Crippen molar-refractivity contribution in [1.29, 1.82) is 0 Å². The van der Waals surface area contributed by atoms with Gasteiger partial charge in [0.25, 0.3) is 6.43 Å². The lowest BCUT2D eigenvalue weighted by Gasteiger charge is -2.35. The van der Waals surface area contributed by atoms with Crippen LogP contribution in [0.4, 0.5) is 8.78 Å². The van der Waals surface area contributed by atoms with E-state index in [1.54, 1.807) is 12.1 Å². The van der Waals surface area contributed by atoms with Crippen LogP contribution in [0.5, 0.6) is 0 Å². The maximum atomic E-state index is 12.5. The molecule has 0 spiro atoms. The summed E-state index contributed by atoms with van der Waals surface area (Å²) >= 11 is 0. The largest absolute Gasteiger partial charge is 0.314 e. The molecule has 0 aromatic heterocycles. The van der Waals surface area contributed by atoms with Crippen molar-refractivity contribution in [3.63, 3.8) is 0 Å². The van der Waals surface area contributed by atoms with Crippen molar-refractivity contribution < 1.29 is 8.78 Å². The van der Waals surface area contributed by atoms with E-state index in [1.807, 2.05) is 13.1 Å². The average Bonchev–Trinajstić information content (AvgIpc) is 2.15. The van der Waals surface area contributed by atoms with Gasteiger partial charge in [-0.3, -0.25) is 4.90 Å². The monoisotopic (exact) mass is 262 g/mol. The summed E-state index contributed by atoms with van der Waals surface area (Å²) in [6.07, 6.45) is -2.38. The molecule has 2 rings (SSSR count). The summed E-state index contributed by atoms with van der Waals surface area (Å²) in [5, 5.41) is 3.20. The van der Waals surface area contributed by atoms with Crippen molar-refractivity contribution in [3.8, 4) is 0 Å². The molecule has 1 heterocycles. The Balaban J connectivity index is 0.00000144. The number of nitrogens with zero attached hydrogens (tertiary/aromatic N) is 1. The molecule has 0 amide bonds. The number of hydrogen-bond donors (Lipinski definition) is 1. The Kier molecular flexibility index (Phi) is 5.31. The number of nitrogens with one attached hydrogen (secondary N) is 1. The molecule has 5 heteroatoms. The molecule has 0 atom stereocenters. The van der Waals surface area contributed by atoms with Crippen molar-refractivity contribution in [2.45, 2.75) is 19.0 Å². The molecule has 0 radical (unpaired) electrons. The topological polar surface area (TPSA) is 15.3 Å². The highest BCUT2D eigenvalue weighted by molar-refractivity contribution is 5.85. The fourth-order valence-electron chi connectivity index (χ4n) is 1.83. The minimum atomic E-state index is -2.38. The van der Waals surface area contributed by atoms with Crippen molar-refractivity contribution in [2.75, 3.05) is 20.1 Å². The highest BCUT2D eigenvalue weighted by Gasteiger charge is 2.21. The highest BCUT2D eigenvalue weighted by Crippen LogP contribution is 2.20. The van der Waals surface area contributed by atoms with E-state index < -0.39 is 6.43 Å². The molecule has 1 aliphatic rings. The van der Waals surface area contributed by atoms with Gasteiger partial charge in [-0.15, -0.1) is 12.4 Å². The Morgan fingerprint density at radius 3 is 2.65 bits per heavy atom. The summed E-state index contributed by atoms with van der Waals surface area (Å²) in [5.41, 5.74) is 1.06. The first kappa shape index (κ1) is 14.4. The van der Waals surface area contributed by atoms with Gasteiger partial charge in [0.2, 0.25) is 0 Å². The van der Waals surface area contributed by atoms with Gasteiger partial charge in [0.1, 0.15) is 0 Å². The first-order valence-electron chi connectivity index (χ1n) is 5.45. The predicted molar refractivity (Wildman–Crippen MR) is 66.8 cm³/mol. The third-order valence-corrected chi connectivity index (χ3v) is 3.02. The average molecular weight is 263 g/mol. The van der Waals surface area contributed by atoms with E-state index in [9.17, 15) is 8.78 Å². The summed E-state index contributed by atoms with van der Waals surface area (Å²) in [6.45, 7) is 2.71. The Morgan fingerprint density at radius 1 is 1.41 bits per heavy atom. The van der Waals surface area contributed by atoms with Crippen molar-refractivity contribution in [3.05, 3.63) is 35.4 Å². The summed E-state index contributed by atoms with van der Waals surface area (Å²) < 4.78 is 25.0. The van der Waals surface area contributed by atoms with Gasteiger partial charge in [-0.2, -0.15) is 0 Å². The second-order valence-corrected chi connectivity index (χ2v) is 4.27. The van der Waals surface area contributed by atoms with Gasteiger partial charge in [-0.25, -0.2) is 8.78 Å². The van der Waals surface area contributed by atoms with Crippen LogP contribution >= 0.6 is 12.4 Å². The summed E-state index contributed by atoms with van der Waals surface area (Å²) in [4.78, 5) is 2.20. The number of hydrogen-bond acceptors (Lipinski definition) is 2. The van der Waals surface area contributed by atoms with Crippen LogP contribution in [0.15, 0.2) is 24.3 Å². The number of alkyl halides is 2. The van der Waals surface area contributed by atoms with Crippen LogP contribution < -0.4 is 5.32 Å². The molecule has 0 unspecified atom stereocenters.